The van der Waals surface area contributed by atoms with E-state index >= 15 is 0 Å². The highest BCUT2D eigenvalue weighted by Gasteiger charge is 2.05. The molecule has 0 saturated heterocycles. The van der Waals surface area contributed by atoms with Gasteiger partial charge in [0.1, 0.15) is 5.75 Å². The highest BCUT2D eigenvalue weighted by molar-refractivity contribution is 5.77. The third-order valence-corrected chi connectivity index (χ3v) is 4.31. The molecule has 8 heteroatoms. The van der Waals surface area contributed by atoms with Crippen LogP contribution in [0.15, 0.2) is 59.7 Å². The van der Waals surface area contributed by atoms with Crippen LogP contribution in [0.3, 0.4) is 0 Å². The Bertz CT molecular complexity index is 967. The molecule has 0 aliphatic heterocycles. The normalized spacial score (nSPS) is 11.2. The average molecular weight is 395 g/mol. The minimum absolute atomic E-state index is 0.346. The van der Waals surface area contributed by atoms with E-state index in [1.807, 2.05) is 54.7 Å². The second-order valence-electron chi connectivity index (χ2n) is 6.19. The van der Waals surface area contributed by atoms with Crippen molar-refractivity contribution in [3.63, 3.8) is 0 Å². The summed E-state index contributed by atoms with van der Waals surface area (Å²) in [6.07, 6.45) is 1.90. The SMILES string of the molecule is COc1ccc(-n2ccc(CNC(N)=NCc3ccc(OC)c(OC)c3)n2)cc1. The van der Waals surface area contributed by atoms with Crippen molar-refractivity contribution in [2.75, 3.05) is 21.3 Å². The van der Waals surface area contributed by atoms with Crippen LogP contribution in [-0.2, 0) is 13.1 Å². The number of guanidine groups is 1. The van der Waals surface area contributed by atoms with Crippen LogP contribution in [0.1, 0.15) is 11.3 Å². The van der Waals surface area contributed by atoms with Gasteiger partial charge in [0.05, 0.1) is 45.8 Å². The molecule has 0 radical (unpaired) electrons. The predicted octanol–water partition coefficient (Wildman–Crippen LogP) is 2.50. The Hall–Kier alpha value is -3.68. The third kappa shape index (κ3) is 5.19. The maximum Gasteiger partial charge on any atom is 0.189 e. The van der Waals surface area contributed by atoms with Crippen molar-refractivity contribution >= 4 is 5.96 Å². The van der Waals surface area contributed by atoms with Gasteiger partial charge in [0, 0.05) is 6.20 Å². The topological polar surface area (TPSA) is 95.9 Å². The fraction of sp³-hybridized carbons (Fsp3) is 0.238. The Morgan fingerprint density at radius 2 is 1.76 bits per heavy atom. The monoisotopic (exact) mass is 395 g/mol. The molecule has 0 atom stereocenters. The van der Waals surface area contributed by atoms with E-state index in [4.69, 9.17) is 19.9 Å². The molecule has 29 heavy (non-hydrogen) atoms. The number of rotatable bonds is 8. The number of ether oxygens (including phenoxy) is 3. The molecule has 8 nitrogen and oxygen atoms in total. The maximum absolute atomic E-state index is 5.98. The highest BCUT2D eigenvalue weighted by atomic mass is 16.5. The van der Waals surface area contributed by atoms with Gasteiger partial charge in [-0.25, -0.2) is 9.67 Å². The van der Waals surface area contributed by atoms with Crippen molar-refractivity contribution in [3.05, 3.63) is 66.0 Å². The second-order valence-corrected chi connectivity index (χ2v) is 6.19. The molecule has 0 fully saturated rings. The Balaban J connectivity index is 1.56. The summed E-state index contributed by atoms with van der Waals surface area (Å²) in [5.41, 5.74) is 8.75. The zero-order valence-electron chi connectivity index (χ0n) is 16.8. The van der Waals surface area contributed by atoms with Crippen molar-refractivity contribution < 1.29 is 14.2 Å². The summed E-state index contributed by atoms with van der Waals surface area (Å²) >= 11 is 0. The molecule has 152 valence electrons. The van der Waals surface area contributed by atoms with Gasteiger partial charge in [-0.1, -0.05) is 6.07 Å². The molecule has 0 bridgehead atoms. The van der Waals surface area contributed by atoms with Crippen LogP contribution in [-0.4, -0.2) is 37.1 Å². The molecule has 0 spiro atoms. The third-order valence-electron chi connectivity index (χ3n) is 4.31. The molecule has 0 aliphatic rings. The summed E-state index contributed by atoms with van der Waals surface area (Å²) in [5, 5.41) is 7.62. The lowest BCUT2D eigenvalue weighted by Crippen LogP contribution is -2.31. The first-order valence-electron chi connectivity index (χ1n) is 9.06. The first-order valence-corrected chi connectivity index (χ1v) is 9.06. The van der Waals surface area contributed by atoms with Gasteiger partial charge in [-0.2, -0.15) is 5.10 Å². The zero-order valence-corrected chi connectivity index (χ0v) is 16.8. The van der Waals surface area contributed by atoms with Crippen LogP contribution in [0.4, 0.5) is 0 Å². The van der Waals surface area contributed by atoms with Gasteiger partial charge in [0.25, 0.3) is 0 Å². The van der Waals surface area contributed by atoms with E-state index in [0.717, 1.165) is 22.7 Å². The van der Waals surface area contributed by atoms with E-state index in [0.29, 0.717) is 30.5 Å². The summed E-state index contributed by atoms with van der Waals surface area (Å²) in [6, 6.07) is 15.3. The van der Waals surface area contributed by atoms with E-state index < -0.39 is 0 Å². The molecular weight excluding hydrogens is 370 g/mol. The van der Waals surface area contributed by atoms with Crippen LogP contribution >= 0.6 is 0 Å². The number of hydrogen-bond donors (Lipinski definition) is 2. The lowest BCUT2D eigenvalue weighted by Gasteiger charge is -2.09. The van der Waals surface area contributed by atoms with E-state index in [1.165, 1.54) is 0 Å². The summed E-state index contributed by atoms with van der Waals surface area (Å²) < 4.78 is 17.5. The minimum atomic E-state index is 0.346. The summed E-state index contributed by atoms with van der Waals surface area (Å²) in [6.45, 7) is 0.907. The lowest BCUT2D eigenvalue weighted by atomic mass is 10.2. The molecule has 3 aromatic rings. The quantitative estimate of drug-likeness (QED) is 0.449. The standard InChI is InChI=1S/C21H25N5O3/c1-27-18-7-5-17(6-8-18)26-11-10-16(25-26)14-24-21(22)23-13-15-4-9-19(28-2)20(12-15)29-3/h4-12H,13-14H2,1-3H3,(H3,22,23,24). The Morgan fingerprint density at radius 3 is 2.45 bits per heavy atom. The van der Waals surface area contributed by atoms with Gasteiger partial charge in [0.2, 0.25) is 0 Å². The van der Waals surface area contributed by atoms with E-state index in [1.54, 1.807) is 26.0 Å². The number of hydrogen-bond acceptors (Lipinski definition) is 5. The highest BCUT2D eigenvalue weighted by Crippen LogP contribution is 2.27. The number of aliphatic imine (C=N–C) groups is 1. The zero-order chi connectivity index (χ0) is 20.6. The van der Waals surface area contributed by atoms with Gasteiger partial charge in [-0.05, 0) is 48.0 Å². The first kappa shape index (κ1) is 20.1. The number of aromatic nitrogens is 2. The number of nitrogens with two attached hydrogens (primary N) is 1. The van der Waals surface area contributed by atoms with Crippen LogP contribution in [0.2, 0.25) is 0 Å². The molecule has 3 N–H and O–H groups in total. The van der Waals surface area contributed by atoms with Crippen LogP contribution in [0.5, 0.6) is 17.2 Å². The van der Waals surface area contributed by atoms with Gasteiger partial charge in [-0.3, -0.25) is 0 Å². The second kappa shape index (κ2) is 9.50. The van der Waals surface area contributed by atoms with E-state index in [-0.39, 0.29) is 0 Å². The average Bonchev–Trinajstić information content (AvgIpc) is 3.25. The number of nitrogens with zero attached hydrogens (tertiary/aromatic N) is 3. The minimum Gasteiger partial charge on any atom is -0.497 e. The molecular formula is C21H25N5O3. The fourth-order valence-electron chi connectivity index (χ4n) is 2.73. The lowest BCUT2D eigenvalue weighted by molar-refractivity contribution is 0.354. The number of nitrogens with one attached hydrogen (secondary N) is 1. The number of benzene rings is 2. The van der Waals surface area contributed by atoms with Crippen molar-refractivity contribution in [3.8, 4) is 22.9 Å². The Kier molecular flexibility index (Phi) is 6.57. The molecule has 0 unspecified atom stereocenters. The summed E-state index contributed by atoms with van der Waals surface area (Å²) in [4.78, 5) is 4.36. The molecule has 2 aromatic carbocycles. The molecule has 0 saturated carbocycles. The Labute approximate surface area is 169 Å². The summed E-state index contributed by atoms with van der Waals surface area (Å²) in [7, 11) is 4.85. The molecule has 1 aromatic heterocycles. The number of methoxy groups -OCH3 is 3. The molecule has 1 heterocycles. The van der Waals surface area contributed by atoms with Crippen LogP contribution < -0.4 is 25.3 Å². The van der Waals surface area contributed by atoms with E-state index in [9.17, 15) is 0 Å². The predicted molar refractivity (Wildman–Crippen MR) is 112 cm³/mol. The van der Waals surface area contributed by atoms with Gasteiger partial charge in [0.15, 0.2) is 17.5 Å². The van der Waals surface area contributed by atoms with Crippen molar-refractivity contribution in [1.82, 2.24) is 15.1 Å². The largest absolute Gasteiger partial charge is 0.497 e. The molecule has 3 rings (SSSR count). The van der Waals surface area contributed by atoms with Crippen LogP contribution in [0.25, 0.3) is 5.69 Å². The van der Waals surface area contributed by atoms with E-state index in [2.05, 4.69) is 15.4 Å². The molecule has 0 aliphatic carbocycles. The van der Waals surface area contributed by atoms with Gasteiger partial charge in [-0.15, -0.1) is 0 Å². The smallest absolute Gasteiger partial charge is 0.189 e. The maximum atomic E-state index is 5.98. The summed E-state index contributed by atoms with van der Waals surface area (Å²) in [5.74, 6) is 2.50. The van der Waals surface area contributed by atoms with Gasteiger partial charge >= 0.3 is 0 Å². The molecule has 0 amide bonds. The Morgan fingerprint density at radius 1 is 1.00 bits per heavy atom. The van der Waals surface area contributed by atoms with Crippen molar-refractivity contribution in [2.45, 2.75) is 13.1 Å². The van der Waals surface area contributed by atoms with Gasteiger partial charge < -0.3 is 25.3 Å². The fourth-order valence-corrected chi connectivity index (χ4v) is 2.73. The first-order chi connectivity index (χ1) is 14.1. The van der Waals surface area contributed by atoms with Crippen molar-refractivity contribution in [1.29, 1.82) is 0 Å². The van der Waals surface area contributed by atoms with Crippen LogP contribution in [0, 0.1) is 0 Å². The van der Waals surface area contributed by atoms with Crippen molar-refractivity contribution in [2.24, 2.45) is 10.7 Å².